The number of nitrogens with one attached hydrogen (secondary N) is 2. The Morgan fingerprint density at radius 1 is 1.25 bits per heavy atom. The Morgan fingerprint density at radius 2 is 1.92 bits per heavy atom. The summed E-state index contributed by atoms with van der Waals surface area (Å²) in [5, 5.41) is 7.63. The van der Waals surface area contributed by atoms with Gasteiger partial charge in [0.05, 0.1) is 46.1 Å². The zero-order valence-electron chi connectivity index (χ0n) is 13.6. The predicted octanol–water partition coefficient (Wildman–Crippen LogP) is 0.428. The van der Waals surface area contributed by atoms with E-state index in [1.165, 1.54) is 27.5 Å². The van der Waals surface area contributed by atoms with Crippen molar-refractivity contribution in [2.24, 2.45) is 10.2 Å². The lowest BCUT2D eigenvalue weighted by atomic mass is 10.2. The second kappa shape index (κ2) is 7.95. The molecular weight excluding hydrogens is 316 g/mol. The summed E-state index contributed by atoms with van der Waals surface area (Å²) in [4.78, 5) is 22.7. The lowest BCUT2D eigenvalue weighted by molar-refractivity contribution is -0.119. The fraction of sp³-hybridized carbons (Fsp3) is 0.333. The van der Waals surface area contributed by atoms with Crippen molar-refractivity contribution in [2.75, 3.05) is 21.3 Å². The van der Waals surface area contributed by atoms with Crippen LogP contribution < -0.4 is 25.1 Å². The van der Waals surface area contributed by atoms with Crippen LogP contribution >= 0.6 is 0 Å². The number of hydrazone groups is 2. The molecule has 0 aliphatic carbocycles. The van der Waals surface area contributed by atoms with Gasteiger partial charge in [-0.2, -0.15) is 10.2 Å². The first-order chi connectivity index (χ1) is 11.6. The van der Waals surface area contributed by atoms with Gasteiger partial charge in [0.15, 0.2) is 11.5 Å². The van der Waals surface area contributed by atoms with Crippen LogP contribution in [0.4, 0.5) is 0 Å². The Morgan fingerprint density at radius 3 is 2.50 bits per heavy atom. The highest BCUT2D eigenvalue weighted by atomic mass is 16.5. The zero-order chi connectivity index (χ0) is 17.5. The van der Waals surface area contributed by atoms with Crippen molar-refractivity contribution in [1.29, 1.82) is 0 Å². The Hall–Kier alpha value is -3.10. The first-order valence-electron chi connectivity index (χ1n) is 7.03. The molecule has 128 valence electrons. The van der Waals surface area contributed by atoms with Gasteiger partial charge in [-0.05, 0) is 6.07 Å². The zero-order valence-corrected chi connectivity index (χ0v) is 13.6. The third-order valence-electron chi connectivity index (χ3n) is 3.20. The quantitative estimate of drug-likeness (QED) is 0.555. The number of amides is 2. The summed E-state index contributed by atoms with van der Waals surface area (Å²) in [5.41, 5.74) is 5.73. The molecule has 1 aromatic rings. The fourth-order valence-corrected chi connectivity index (χ4v) is 2.06. The smallest absolute Gasteiger partial charge is 0.245 e. The second-order valence-corrected chi connectivity index (χ2v) is 4.81. The number of methoxy groups -OCH3 is 3. The maximum absolute atomic E-state index is 11.8. The van der Waals surface area contributed by atoms with Gasteiger partial charge in [0.1, 0.15) is 5.75 Å². The average molecular weight is 334 g/mol. The summed E-state index contributed by atoms with van der Waals surface area (Å²) in [6.07, 6.45) is 1.55. The van der Waals surface area contributed by atoms with Gasteiger partial charge < -0.3 is 14.2 Å². The Balaban J connectivity index is 2.02. The van der Waals surface area contributed by atoms with E-state index in [-0.39, 0.29) is 24.7 Å². The molecule has 0 saturated carbocycles. The molecule has 9 heteroatoms. The molecule has 0 saturated heterocycles. The van der Waals surface area contributed by atoms with Gasteiger partial charge in [0.2, 0.25) is 11.8 Å². The molecule has 2 N–H and O–H groups in total. The highest BCUT2D eigenvalue weighted by Crippen LogP contribution is 2.33. The van der Waals surface area contributed by atoms with E-state index < -0.39 is 0 Å². The Kier molecular flexibility index (Phi) is 5.72. The molecule has 1 aliphatic heterocycles. The van der Waals surface area contributed by atoms with Crippen molar-refractivity contribution in [2.45, 2.75) is 12.8 Å². The van der Waals surface area contributed by atoms with E-state index in [1.807, 2.05) is 0 Å². The normalized spacial score (nSPS) is 13.5. The van der Waals surface area contributed by atoms with Crippen LogP contribution in [0.1, 0.15) is 18.4 Å². The van der Waals surface area contributed by atoms with Crippen molar-refractivity contribution in [3.63, 3.8) is 0 Å². The monoisotopic (exact) mass is 334 g/mol. The molecular formula is C15H18N4O5. The molecule has 1 aromatic carbocycles. The van der Waals surface area contributed by atoms with Gasteiger partial charge in [-0.3, -0.25) is 9.59 Å². The first kappa shape index (κ1) is 17.3. The van der Waals surface area contributed by atoms with E-state index in [2.05, 4.69) is 21.1 Å². The number of hydrogen-bond donors (Lipinski definition) is 2. The maximum Gasteiger partial charge on any atom is 0.245 e. The maximum atomic E-state index is 11.8. The molecule has 2 amide bonds. The number of carbonyl (C=O) groups is 2. The molecule has 9 nitrogen and oxygen atoms in total. The van der Waals surface area contributed by atoms with E-state index in [0.717, 1.165) is 0 Å². The van der Waals surface area contributed by atoms with Gasteiger partial charge in [-0.15, -0.1) is 0 Å². The molecule has 0 aromatic heterocycles. The van der Waals surface area contributed by atoms with Crippen molar-refractivity contribution in [3.05, 3.63) is 17.7 Å². The summed E-state index contributed by atoms with van der Waals surface area (Å²) in [6.45, 7) is 0. The SMILES string of the molecule is COc1cc(OC)c(OC)cc1/C=N/NC(=O)CC1=NNC(=O)C1. The summed E-state index contributed by atoms with van der Waals surface area (Å²) in [6, 6.07) is 3.34. The van der Waals surface area contributed by atoms with Crippen LogP contribution in [-0.2, 0) is 9.59 Å². The van der Waals surface area contributed by atoms with Gasteiger partial charge in [-0.25, -0.2) is 10.9 Å². The third kappa shape index (κ3) is 4.22. The van der Waals surface area contributed by atoms with Crippen molar-refractivity contribution in [3.8, 4) is 17.2 Å². The number of carbonyl (C=O) groups excluding carboxylic acids is 2. The largest absolute Gasteiger partial charge is 0.496 e. The molecule has 0 fully saturated rings. The standard InChI is InChI=1S/C15H18N4O5/c1-22-11-7-13(24-3)12(23-2)4-9(11)8-16-18-14(20)5-10-6-15(21)19-17-10/h4,7-8H,5-6H2,1-3H3,(H,18,20)(H,19,21)/b16-8+. The van der Waals surface area contributed by atoms with E-state index in [1.54, 1.807) is 12.1 Å². The topological polar surface area (TPSA) is 111 Å². The van der Waals surface area contributed by atoms with E-state index in [4.69, 9.17) is 14.2 Å². The van der Waals surface area contributed by atoms with Gasteiger partial charge in [-0.1, -0.05) is 0 Å². The summed E-state index contributed by atoms with van der Waals surface area (Å²) in [5.74, 6) is 0.945. The number of rotatable bonds is 7. The van der Waals surface area contributed by atoms with Gasteiger partial charge in [0.25, 0.3) is 0 Å². The molecule has 1 aliphatic rings. The van der Waals surface area contributed by atoms with Crippen molar-refractivity contribution >= 4 is 23.7 Å². The van der Waals surface area contributed by atoms with Crippen LogP contribution in [0, 0.1) is 0 Å². The molecule has 0 atom stereocenters. The van der Waals surface area contributed by atoms with Crippen LogP contribution in [0.2, 0.25) is 0 Å². The van der Waals surface area contributed by atoms with E-state index in [0.29, 0.717) is 28.5 Å². The molecule has 1 heterocycles. The molecule has 2 rings (SSSR count). The lowest BCUT2D eigenvalue weighted by Crippen LogP contribution is -2.20. The lowest BCUT2D eigenvalue weighted by Gasteiger charge is -2.11. The second-order valence-electron chi connectivity index (χ2n) is 4.81. The molecule has 0 spiro atoms. The van der Waals surface area contributed by atoms with Crippen molar-refractivity contribution < 1.29 is 23.8 Å². The predicted molar refractivity (Wildman–Crippen MR) is 86.6 cm³/mol. The summed E-state index contributed by atoms with van der Waals surface area (Å²) >= 11 is 0. The van der Waals surface area contributed by atoms with Crippen molar-refractivity contribution in [1.82, 2.24) is 10.9 Å². The number of nitrogens with zero attached hydrogens (tertiary/aromatic N) is 2. The van der Waals surface area contributed by atoms with Crippen LogP contribution in [0.3, 0.4) is 0 Å². The Labute approximate surface area is 138 Å². The fourth-order valence-electron chi connectivity index (χ4n) is 2.06. The minimum absolute atomic E-state index is 0.000845. The molecule has 0 radical (unpaired) electrons. The highest BCUT2D eigenvalue weighted by Gasteiger charge is 2.17. The molecule has 0 bridgehead atoms. The minimum Gasteiger partial charge on any atom is -0.496 e. The number of benzene rings is 1. The van der Waals surface area contributed by atoms with Crippen LogP contribution in [0.25, 0.3) is 0 Å². The molecule has 0 unspecified atom stereocenters. The van der Waals surface area contributed by atoms with Crippen LogP contribution in [0.15, 0.2) is 22.3 Å². The van der Waals surface area contributed by atoms with Gasteiger partial charge >= 0.3 is 0 Å². The summed E-state index contributed by atoms with van der Waals surface area (Å²) < 4.78 is 15.7. The highest BCUT2D eigenvalue weighted by molar-refractivity contribution is 6.11. The van der Waals surface area contributed by atoms with E-state index in [9.17, 15) is 9.59 Å². The third-order valence-corrected chi connectivity index (χ3v) is 3.20. The average Bonchev–Trinajstić information content (AvgIpc) is 2.98. The first-order valence-corrected chi connectivity index (χ1v) is 7.03. The minimum atomic E-state index is -0.374. The van der Waals surface area contributed by atoms with Crippen LogP contribution in [-0.4, -0.2) is 45.1 Å². The summed E-state index contributed by atoms with van der Waals surface area (Å²) in [7, 11) is 4.56. The van der Waals surface area contributed by atoms with Crippen LogP contribution in [0.5, 0.6) is 17.2 Å². The van der Waals surface area contributed by atoms with E-state index >= 15 is 0 Å². The Bertz CT molecular complexity index is 699. The number of ether oxygens (including phenoxy) is 3. The number of hydrogen-bond acceptors (Lipinski definition) is 7. The molecule has 24 heavy (non-hydrogen) atoms. The van der Waals surface area contributed by atoms with Gasteiger partial charge in [0, 0.05) is 11.6 Å².